The molecule has 0 aromatic heterocycles. The number of nitrogens with zero attached hydrogens (tertiary/aromatic N) is 1. The molecule has 1 aliphatic rings. The van der Waals surface area contributed by atoms with Crippen LogP contribution in [0.25, 0.3) is 5.57 Å². The van der Waals surface area contributed by atoms with Gasteiger partial charge in [0.25, 0.3) is 0 Å². The van der Waals surface area contributed by atoms with E-state index in [1.54, 1.807) is 21.3 Å². The van der Waals surface area contributed by atoms with E-state index in [0.29, 0.717) is 17.2 Å². The largest absolute Gasteiger partial charge is 0.493 e. The van der Waals surface area contributed by atoms with Gasteiger partial charge in [-0.15, -0.1) is 0 Å². The van der Waals surface area contributed by atoms with Crippen molar-refractivity contribution in [1.29, 1.82) is 0 Å². The van der Waals surface area contributed by atoms with E-state index in [0.717, 1.165) is 37.2 Å². The maximum atomic E-state index is 13.1. The van der Waals surface area contributed by atoms with Gasteiger partial charge in [0.2, 0.25) is 5.75 Å². The molecule has 0 aliphatic carbocycles. The number of halogens is 1. The van der Waals surface area contributed by atoms with Crippen molar-refractivity contribution in [1.82, 2.24) is 4.90 Å². The van der Waals surface area contributed by atoms with E-state index in [1.165, 1.54) is 17.7 Å². The van der Waals surface area contributed by atoms with Crippen molar-refractivity contribution in [2.75, 3.05) is 34.4 Å². The molecule has 0 atom stereocenters. The van der Waals surface area contributed by atoms with Gasteiger partial charge in [-0.3, -0.25) is 4.90 Å². The quantitative estimate of drug-likeness (QED) is 0.777. The first-order valence-electron chi connectivity index (χ1n) is 8.61. The first-order chi connectivity index (χ1) is 12.7. The van der Waals surface area contributed by atoms with Crippen LogP contribution in [-0.2, 0) is 6.54 Å². The van der Waals surface area contributed by atoms with Crippen molar-refractivity contribution in [3.05, 3.63) is 59.4 Å². The zero-order valence-corrected chi connectivity index (χ0v) is 15.4. The summed E-state index contributed by atoms with van der Waals surface area (Å²) in [7, 11) is 4.87. The summed E-state index contributed by atoms with van der Waals surface area (Å²) in [5, 5.41) is 0. The molecule has 138 valence electrons. The van der Waals surface area contributed by atoms with Crippen LogP contribution < -0.4 is 14.2 Å². The lowest BCUT2D eigenvalue weighted by molar-refractivity contribution is 0.280. The van der Waals surface area contributed by atoms with Crippen LogP contribution in [0.4, 0.5) is 4.39 Å². The van der Waals surface area contributed by atoms with Crippen LogP contribution in [0.3, 0.4) is 0 Å². The van der Waals surface area contributed by atoms with E-state index in [2.05, 4.69) is 11.0 Å². The molecular formula is C21H24FNO3. The highest BCUT2D eigenvalue weighted by Gasteiger charge is 2.19. The molecule has 2 aromatic rings. The van der Waals surface area contributed by atoms with Gasteiger partial charge >= 0.3 is 0 Å². The minimum Gasteiger partial charge on any atom is -0.493 e. The molecule has 1 heterocycles. The summed E-state index contributed by atoms with van der Waals surface area (Å²) in [4.78, 5) is 2.34. The maximum absolute atomic E-state index is 13.1. The molecule has 2 aromatic carbocycles. The Hall–Kier alpha value is -2.53. The van der Waals surface area contributed by atoms with Gasteiger partial charge in [0.15, 0.2) is 11.5 Å². The molecule has 0 fully saturated rings. The Kier molecular flexibility index (Phi) is 5.78. The highest BCUT2D eigenvalue weighted by Crippen LogP contribution is 2.40. The second-order valence-corrected chi connectivity index (χ2v) is 6.21. The first-order valence-corrected chi connectivity index (χ1v) is 8.61. The molecule has 0 saturated heterocycles. The third-order valence-electron chi connectivity index (χ3n) is 4.69. The Morgan fingerprint density at radius 1 is 0.923 bits per heavy atom. The molecule has 1 aliphatic heterocycles. The van der Waals surface area contributed by atoms with Crippen molar-refractivity contribution in [3.8, 4) is 17.2 Å². The minimum atomic E-state index is -0.202. The van der Waals surface area contributed by atoms with E-state index in [4.69, 9.17) is 14.2 Å². The molecule has 3 rings (SSSR count). The molecule has 0 saturated carbocycles. The summed E-state index contributed by atoms with van der Waals surface area (Å²) in [6, 6.07) is 10.6. The Balaban J connectivity index is 1.74. The van der Waals surface area contributed by atoms with Crippen LogP contribution in [-0.4, -0.2) is 39.3 Å². The van der Waals surface area contributed by atoms with Gasteiger partial charge in [-0.05, 0) is 35.8 Å². The summed E-state index contributed by atoms with van der Waals surface area (Å²) in [6.45, 7) is 2.53. The lowest BCUT2D eigenvalue weighted by atomic mass is 9.99. The summed E-state index contributed by atoms with van der Waals surface area (Å²) < 4.78 is 29.5. The zero-order chi connectivity index (χ0) is 18.5. The van der Waals surface area contributed by atoms with Crippen molar-refractivity contribution in [2.24, 2.45) is 0 Å². The normalized spacial score (nSPS) is 14.7. The van der Waals surface area contributed by atoms with E-state index in [-0.39, 0.29) is 5.82 Å². The standard InChI is InChI=1S/C21H24FNO3/c1-24-19-9-6-17(20(25-2)21(19)26-3)14-23-12-10-16(11-13-23)15-4-7-18(22)8-5-15/h4-10H,11-14H2,1-3H3. The lowest BCUT2D eigenvalue weighted by Gasteiger charge is -2.27. The Bertz CT molecular complexity index is 787. The molecule has 0 bridgehead atoms. The number of hydrogen-bond donors (Lipinski definition) is 0. The van der Waals surface area contributed by atoms with Crippen LogP contribution in [0.1, 0.15) is 17.5 Å². The highest BCUT2D eigenvalue weighted by atomic mass is 19.1. The fourth-order valence-electron chi connectivity index (χ4n) is 3.31. The summed E-state index contributed by atoms with van der Waals surface area (Å²) in [5.41, 5.74) is 3.42. The van der Waals surface area contributed by atoms with Crippen molar-refractivity contribution < 1.29 is 18.6 Å². The van der Waals surface area contributed by atoms with Gasteiger partial charge in [0.1, 0.15) is 5.82 Å². The van der Waals surface area contributed by atoms with Gasteiger partial charge in [0, 0.05) is 25.2 Å². The third kappa shape index (κ3) is 3.83. The van der Waals surface area contributed by atoms with Crippen LogP contribution in [0.2, 0.25) is 0 Å². The van der Waals surface area contributed by atoms with E-state index in [1.807, 2.05) is 24.3 Å². The van der Waals surface area contributed by atoms with E-state index >= 15 is 0 Å². The van der Waals surface area contributed by atoms with Gasteiger partial charge in [-0.2, -0.15) is 0 Å². The number of ether oxygens (including phenoxy) is 3. The molecule has 0 unspecified atom stereocenters. The first kappa shape index (κ1) is 18.3. The molecule has 0 N–H and O–H groups in total. The van der Waals surface area contributed by atoms with Gasteiger partial charge in [-0.25, -0.2) is 4.39 Å². The van der Waals surface area contributed by atoms with Crippen LogP contribution in [0.5, 0.6) is 17.2 Å². The molecule has 0 spiro atoms. The molecule has 4 nitrogen and oxygen atoms in total. The van der Waals surface area contributed by atoms with Crippen molar-refractivity contribution >= 4 is 5.57 Å². The van der Waals surface area contributed by atoms with Crippen LogP contribution in [0.15, 0.2) is 42.5 Å². The topological polar surface area (TPSA) is 30.9 Å². The number of hydrogen-bond acceptors (Lipinski definition) is 4. The average Bonchev–Trinajstić information content (AvgIpc) is 2.68. The van der Waals surface area contributed by atoms with Gasteiger partial charge in [-0.1, -0.05) is 24.3 Å². The molecule has 0 radical (unpaired) electrons. The van der Waals surface area contributed by atoms with Crippen molar-refractivity contribution in [2.45, 2.75) is 13.0 Å². The Labute approximate surface area is 153 Å². The van der Waals surface area contributed by atoms with Crippen LogP contribution in [0, 0.1) is 5.82 Å². The molecule has 0 amide bonds. The maximum Gasteiger partial charge on any atom is 0.203 e. The molecule has 26 heavy (non-hydrogen) atoms. The predicted molar refractivity (Wildman–Crippen MR) is 100 cm³/mol. The fourth-order valence-corrected chi connectivity index (χ4v) is 3.31. The fraction of sp³-hybridized carbons (Fsp3) is 0.333. The number of benzene rings is 2. The van der Waals surface area contributed by atoms with Crippen LogP contribution >= 0.6 is 0 Å². The summed E-state index contributed by atoms with van der Waals surface area (Å²) in [6.07, 6.45) is 3.14. The highest BCUT2D eigenvalue weighted by molar-refractivity contribution is 5.66. The SMILES string of the molecule is COc1ccc(CN2CC=C(c3ccc(F)cc3)CC2)c(OC)c1OC. The minimum absolute atomic E-state index is 0.202. The van der Waals surface area contributed by atoms with E-state index in [9.17, 15) is 4.39 Å². The smallest absolute Gasteiger partial charge is 0.203 e. The Morgan fingerprint density at radius 3 is 2.23 bits per heavy atom. The average molecular weight is 357 g/mol. The number of rotatable bonds is 6. The third-order valence-corrected chi connectivity index (χ3v) is 4.69. The van der Waals surface area contributed by atoms with E-state index < -0.39 is 0 Å². The zero-order valence-electron chi connectivity index (χ0n) is 15.4. The monoisotopic (exact) mass is 357 g/mol. The van der Waals surface area contributed by atoms with Gasteiger partial charge in [0.05, 0.1) is 21.3 Å². The lowest BCUT2D eigenvalue weighted by Crippen LogP contribution is -2.28. The summed E-state index contributed by atoms with van der Waals surface area (Å²) >= 11 is 0. The van der Waals surface area contributed by atoms with Gasteiger partial charge < -0.3 is 14.2 Å². The predicted octanol–water partition coefficient (Wildman–Crippen LogP) is 4.14. The summed E-state index contributed by atoms with van der Waals surface area (Å²) in [5.74, 6) is 1.78. The second-order valence-electron chi connectivity index (χ2n) is 6.21. The van der Waals surface area contributed by atoms with Crippen molar-refractivity contribution in [3.63, 3.8) is 0 Å². The molecular weight excluding hydrogens is 333 g/mol. The number of methoxy groups -OCH3 is 3. The molecule has 5 heteroatoms. The second kappa shape index (κ2) is 8.23. The Morgan fingerprint density at radius 2 is 1.65 bits per heavy atom.